The molecule has 1 aliphatic heterocycles. The van der Waals surface area contributed by atoms with Gasteiger partial charge in [-0.05, 0) is 30.5 Å². The molecule has 1 aliphatic rings. The van der Waals surface area contributed by atoms with Gasteiger partial charge in [0.2, 0.25) is 5.28 Å². The van der Waals surface area contributed by atoms with Crippen LogP contribution in [-0.4, -0.2) is 40.0 Å². The van der Waals surface area contributed by atoms with Crippen LogP contribution in [0.2, 0.25) is 5.28 Å². The van der Waals surface area contributed by atoms with Crippen LogP contribution in [0.15, 0.2) is 12.3 Å². The molecule has 0 bridgehead atoms. The molecule has 0 aliphatic carbocycles. The van der Waals surface area contributed by atoms with Crippen molar-refractivity contribution >= 4 is 23.4 Å². The molecule has 1 atom stereocenters. The van der Waals surface area contributed by atoms with Crippen LogP contribution in [0.3, 0.4) is 0 Å². The predicted octanol–water partition coefficient (Wildman–Crippen LogP) is 1.08. The van der Waals surface area contributed by atoms with Crippen LogP contribution in [0.4, 0.5) is 10.6 Å². The first-order valence-electron chi connectivity index (χ1n) is 5.45. The zero-order chi connectivity index (χ0) is 12.3. The van der Waals surface area contributed by atoms with E-state index in [1.54, 1.807) is 11.0 Å². The molecule has 2 heterocycles. The number of nitrogens with two attached hydrogens (primary N) is 1. The lowest BCUT2D eigenvalue weighted by atomic mass is 10.1. The molecule has 1 aromatic rings. The first-order chi connectivity index (χ1) is 8.15. The number of aromatic nitrogens is 2. The molecular weight excluding hydrogens is 242 g/mol. The molecule has 17 heavy (non-hydrogen) atoms. The van der Waals surface area contributed by atoms with Crippen LogP contribution in [-0.2, 0) is 0 Å². The smallest absolute Gasteiger partial charge is 0.323 e. The predicted molar refractivity (Wildman–Crippen MR) is 64.8 cm³/mol. The second-order valence-electron chi connectivity index (χ2n) is 3.99. The van der Waals surface area contributed by atoms with Crippen molar-refractivity contribution in [3.8, 4) is 0 Å². The molecule has 92 valence electrons. The van der Waals surface area contributed by atoms with Gasteiger partial charge in [0.05, 0.1) is 0 Å². The van der Waals surface area contributed by atoms with Crippen LogP contribution in [0, 0.1) is 0 Å². The first kappa shape index (κ1) is 12.1. The molecule has 0 aromatic carbocycles. The third kappa shape index (κ3) is 3.28. The third-order valence-corrected chi connectivity index (χ3v) is 2.79. The van der Waals surface area contributed by atoms with Gasteiger partial charge in [-0.2, -0.15) is 0 Å². The van der Waals surface area contributed by atoms with E-state index < -0.39 is 0 Å². The Bertz CT molecular complexity index is 413. The van der Waals surface area contributed by atoms with Gasteiger partial charge < -0.3 is 10.6 Å². The van der Waals surface area contributed by atoms with Crippen molar-refractivity contribution in [3.63, 3.8) is 0 Å². The van der Waals surface area contributed by atoms with Crippen LogP contribution in [0.1, 0.15) is 12.8 Å². The highest BCUT2D eigenvalue weighted by Gasteiger charge is 2.21. The number of nitrogens with zero attached hydrogens (tertiary/aromatic N) is 3. The Balaban J connectivity index is 1.96. The molecule has 0 spiro atoms. The Kier molecular flexibility index (Phi) is 3.75. The van der Waals surface area contributed by atoms with Crippen LogP contribution in [0.25, 0.3) is 0 Å². The lowest BCUT2D eigenvalue weighted by molar-refractivity contribution is 0.193. The quantitative estimate of drug-likeness (QED) is 0.736. The molecule has 3 N–H and O–H groups in total. The summed E-state index contributed by atoms with van der Waals surface area (Å²) in [5, 5.41) is 2.78. The number of carbonyl (C=O) groups is 1. The zero-order valence-electron chi connectivity index (χ0n) is 9.27. The molecule has 2 rings (SSSR count). The highest BCUT2D eigenvalue weighted by molar-refractivity contribution is 6.28. The number of rotatable bonds is 1. The van der Waals surface area contributed by atoms with Gasteiger partial charge in [-0.25, -0.2) is 14.8 Å². The molecule has 7 heteroatoms. The molecule has 1 unspecified atom stereocenters. The fourth-order valence-electron chi connectivity index (χ4n) is 1.79. The lowest BCUT2D eigenvalue weighted by Crippen LogP contribution is -2.47. The lowest BCUT2D eigenvalue weighted by Gasteiger charge is -2.30. The molecular formula is C10H14ClN5O. The monoisotopic (exact) mass is 255 g/mol. The van der Waals surface area contributed by atoms with Gasteiger partial charge in [-0.3, -0.25) is 5.32 Å². The molecule has 0 saturated carbocycles. The first-order valence-corrected chi connectivity index (χ1v) is 5.83. The largest absolute Gasteiger partial charge is 0.326 e. The Morgan fingerprint density at radius 1 is 1.65 bits per heavy atom. The number of nitrogens with one attached hydrogen (secondary N) is 1. The summed E-state index contributed by atoms with van der Waals surface area (Å²) in [4.78, 5) is 21.2. The Morgan fingerprint density at radius 2 is 2.47 bits per heavy atom. The highest BCUT2D eigenvalue weighted by Crippen LogP contribution is 2.11. The number of hydrogen-bond donors (Lipinski definition) is 2. The average Bonchev–Trinajstić information content (AvgIpc) is 2.29. The van der Waals surface area contributed by atoms with Crippen molar-refractivity contribution in [1.29, 1.82) is 0 Å². The fraction of sp³-hybridized carbons (Fsp3) is 0.500. The van der Waals surface area contributed by atoms with Gasteiger partial charge in [-0.15, -0.1) is 0 Å². The molecule has 0 radical (unpaired) electrons. The Morgan fingerprint density at radius 3 is 3.18 bits per heavy atom. The molecule has 1 aromatic heterocycles. The van der Waals surface area contributed by atoms with E-state index in [4.69, 9.17) is 17.3 Å². The average molecular weight is 256 g/mol. The Hall–Kier alpha value is -1.40. The van der Waals surface area contributed by atoms with Gasteiger partial charge in [0.15, 0.2) is 0 Å². The van der Waals surface area contributed by atoms with Crippen LogP contribution in [0.5, 0.6) is 0 Å². The second-order valence-corrected chi connectivity index (χ2v) is 4.33. The summed E-state index contributed by atoms with van der Waals surface area (Å²) in [6.45, 7) is 1.29. The summed E-state index contributed by atoms with van der Waals surface area (Å²) in [7, 11) is 0. The van der Waals surface area contributed by atoms with E-state index in [-0.39, 0.29) is 17.4 Å². The van der Waals surface area contributed by atoms with Crippen molar-refractivity contribution in [2.75, 3.05) is 18.4 Å². The number of hydrogen-bond acceptors (Lipinski definition) is 4. The van der Waals surface area contributed by atoms with Crippen molar-refractivity contribution in [2.24, 2.45) is 5.73 Å². The summed E-state index contributed by atoms with van der Waals surface area (Å²) in [6.07, 6.45) is 3.38. The number of piperidine rings is 1. The molecule has 6 nitrogen and oxygen atoms in total. The molecule has 2 amide bonds. The van der Waals surface area contributed by atoms with Crippen LogP contribution < -0.4 is 11.1 Å². The summed E-state index contributed by atoms with van der Waals surface area (Å²) in [5.74, 6) is 0.397. The standard InChI is InChI=1S/C10H14ClN5O/c11-9-13-4-3-8(14-9)15-10(17)16-5-1-2-7(12)6-16/h3-4,7H,1-2,5-6,12H2,(H,13,14,15,17). The van der Waals surface area contributed by atoms with Gasteiger partial charge in [0, 0.05) is 25.3 Å². The summed E-state index contributed by atoms with van der Waals surface area (Å²) in [5.41, 5.74) is 5.81. The fourth-order valence-corrected chi connectivity index (χ4v) is 1.93. The van der Waals surface area contributed by atoms with E-state index in [9.17, 15) is 4.79 Å². The van der Waals surface area contributed by atoms with E-state index in [1.807, 2.05) is 0 Å². The maximum atomic E-state index is 11.9. The van der Waals surface area contributed by atoms with E-state index in [2.05, 4.69) is 15.3 Å². The maximum absolute atomic E-state index is 11.9. The normalized spacial score (nSPS) is 20.1. The van der Waals surface area contributed by atoms with E-state index in [1.165, 1.54) is 6.20 Å². The number of urea groups is 1. The number of halogens is 1. The SMILES string of the molecule is NC1CCCN(C(=O)Nc2ccnc(Cl)n2)C1. The van der Waals surface area contributed by atoms with Gasteiger partial charge in [0.25, 0.3) is 0 Å². The minimum absolute atomic E-state index is 0.0588. The maximum Gasteiger partial charge on any atom is 0.323 e. The van der Waals surface area contributed by atoms with Crippen molar-refractivity contribution < 1.29 is 4.79 Å². The van der Waals surface area contributed by atoms with E-state index in [0.29, 0.717) is 12.4 Å². The second kappa shape index (κ2) is 5.29. The van der Waals surface area contributed by atoms with Gasteiger partial charge in [-0.1, -0.05) is 0 Å². The molecule has 1 fully saturated rings. The third-order valence-electron chi connectivity index (χ3n) is 2.61. The summed E-state index contributed by atoms with van der Waals surface area (Å²) < 4.78 is 0. The van der Waals surface area contributed by atoms with Crippen molar-refractivity contribution in [2.45, 2.75) is 18.9 Å². The summed E-state index contributed by atoms with van der Waals surface area (Å²) in [6, 6.07) is 1.45. The van der Waals surface area contributed by atoms with Crippen molar-refractivity contribution in [1.82, 2.24) is 14.9 Å². The van der Waals surface area contributed by atoms with E-state index >= 15 is 0 Å². The van der Waals surface area contributed by atoms with Gasteiger partial charge >= 0.3 is 6.03 Å². The minimum Gasteiger partial charge on any atom is -0.326 e. The van der Waals surface area contributed by atoms with Gasteiger partial charge in [0.1, 0.15) is 5.82 Å². The Labute approximate surface area is 104 Å². The van der Waals surface area contributed by atoms with E-state index in [0.717, 1.165) is 19.4 Å². The van der Waals surface area contributed by atoms with Crippen LogP contribution >= 0.6 is 11.6 Å². The number of anilines is 1. The highest BCUT2D eigenvalue weighted by atomic mass is 35.5. The number of amides is 2. The minimum atomic E-state index is -0.199. The van der Waals surface area contributed by atoms with Crippen molar-refractivity contribution in [3.05, 3.63) is 17.5 Å². The summed E-state index contributed by atoms with van der Waals surface area (Å²) >= 11 is 5.63. The number of carbonyl (C=O) groups excluding carboxylic acids is 1. The molecule has 1 saturated heterocycles. The topological polar surface area (TPSA) is 84.1 Å². The number of likely N-dealkylation sites (tertiary alicyclic amines) is 1. The zero-order valence-corrected chi connectivity index (χ0v) is 10.0.